The first kappa shape index (κ1) is 53.1. The van der Waals surface area contributed by atoms with E-state index in [1.807, 2.05) is 23.1 Å². The summed E-state index contributed by atoms with van der Waals surface area (Å²) in [6.45, 7) is 5.97. The molecule has 1 aliphatic carbocycles. The van der Waals surface area contributed by atoms with Crippen LogP contribution >= 0.6 is 0 Å². The number of carbonyl (C=O) groups excluding carboxylic acids is 4. The summed E-state index contributed by atoms with van der Waals surface area (Å²) in [5, 5.41) is 11.6. The number of carboxylic acid groups (broad SMARTS) is 1. The lowest BCUT2D eigenvalue weighted by Gasteiger charge is -2.37. The highest BCUT2D eigenvalue weighted by molar-refractivity contribution is 6.08. The quantitative estimate of drug-likeness (QED) is 0.0844. The number of nitrogens with one attached hydrogen (secondary N) is 1. The number of aromatic nitrogens is 1. The lowest BCUT2D eigenvalue weighted by Crippen LogP contribution is -2.56. The molecule has 17 heteroatoms. The van der Waals surface area contributed by atoms with Crippen molar-refractivity contribution in [3.05, 3.63) is 113 Å². The number of carboxylic acids is 1. The summed E-state index contributed by atoms with van der Waals surface area (Å²) in [6.07, 6.45) is 10.2. The number of likely N-dealkylation sites (N-methyl/N-ethyl adjacent to an activating group) is 2. The van der Waals surface area contributed by atoms with Gasteiger partial charge >= 0.3 is 5.97 Å². The van der Waals surface area contributed by atoms with Gasteiger partial charge in [-0.2, -0.15) is 0 Å². The van der Waals surface area contributed by atoms with Gasteiger partial charge in [-0.05, 0) is 105 Å². The van der Waals surface area contributed by atoms with E-state index < -0.39 is 23.8 Å². The number of morpholine rings is 1. The van der Waals surface area contributed by atoms with E-state index in [0.29, 0.717) is 93.9 Å². The zero-order chi connectivity index (χ0) is 49.7. The SMILES string of the molecule is CN(CCN1CCOCC1C(=O)N(C)CCOCCOCCOCCC(=O)O)C(=O)c1cccc(C(=O)Nc2ccc(N3CCCCC3)cc2-c2cc(C(N)=O)ccn2)c1.c1ccc2c(c1)CCCC2. The van der Waals surface area contributed by atoms with Crippen LogP contribution < -0.4 is 16.0 Å². The number of fused-ring (bicyclic) bond motifs is 1. The molecule has 1 unspecified atom stereocenters. The maximum atomic E-state index is 13.7. The molecule has 4 N–H and O–H groups in total. The van der Waals surface area contributed by atoms with Crippen LogP contribution in [0.15, 0.2) is 85.1 Å². The first-order chi connectivity index (χ1) is 34.0. The number of aliphatic carboxylic acids is 1. The van der Waals surface area contributed by atoms with Crippen molar-refractivity contribution in [2.24, 2.45) is 5.73 Å². The average molecular weight is 964 g/mol. The second-order valence-electron chi connectivity index (χ2n) is 17.7. The van der Waals surface area contributed by atoms with E-state index in [1.165, 1.54) is 38.3 Å². The Hall–Kier alpha value is -6.24. The van der Waals surface area contributed by atoms with Gasteiger partial charge in [0.25, 0.3) is 11.8 Å². The number of aryl methyl sites for hydroxylation is 2. The average Bonchev–Trinajstić information content (AvgIpc) is 3.39. The van der Waals surface area contributed by atoms with E-state index in [9.17, 15) is 24.0 Å². The van der Waals surface area contributed by atoms with Gasteiger partial charge in [-0.25, -0.2) is 0 Å². The minimum Gasteiger partial charge on any atom is -0.481 e. The number of rotatable bonds is 22. The molecule has 70 heavy (non-hydrogen) atoms. The number of piperidine rings is 1. The summed E-state index contributed by atoms with van der Waals surface area (Å²) in [4.78, 5) is 75.4. The van der Waals surface area contributed by atoms with Crippen LogP contribution in [0.25, 0.3) is 11.3 Å². The molecule has 2 fully saturated rings. The third-order valence-electron chi connectivity index (χ3n) is 12.7. The van der Waals surface area contributed by atoms with Gasteiger partial charge in [0.15, 0.2) is 0 Å². The number of primary amides is 1. The van der Waals surface area contributed by atoms with Crippen molar-refractivity contribution in [2.75, 3.05) is 116 Å². The molecule has 0 saturated carbocycles. The minimum absolute atomic E-state index is 0.0497. The minimum atomic E-state index is -0.910. The molecule has 3 aromatic carbocycles. The summed E-state index contributed by atoms with van der Waals surface area (Å²) in [7, 11) is 3.40. The standard InChI is InChI=1S/C43H57N7O10.C10H12/c1-47(16-17-50-19-22-60-30-38(50)43(56)48(2)18-21-58-24-26-59-25-23-57-20-12-39(51)52)42(55)33-8-6-7-32(27-33)41(54)46-36-10-9-34(49-14-4-3-5-15-49)29-35(36)37-28-31(40(44)53)11-13-45-37;1-2-6-10-8-4-3-7-9(10)5-1/h6-11,13,27-29,38H,3-5,12,14-26,30H2,1-2H3,(H2,44,53)(H,46,54)(H,51,52);1-2,5-6H,3-4,7-8H2. The van der Waals surface area contributed by atoms with Gasteiger partial charge in [0.2, 0.25) is 11.8 Å². The molecule has 4 aromatic rings. The van der Waals surface area contributed by atoms with Crippen LogP contribution in [-0.2, 0) is 41.4 Å². The molecule has 0 radical (unpaired) electrons. The van der Waals surface area contributed by atoms with Gasteiger partial charge in [-0.1, -0.05) is 30.3 Å². The topological polar surface area (TPSA) is 206 Å². The van der Waals surface area contributed by atoms with E-state index in [2.05, 4.69) is 39.5 Å². The lowest BCUT2D eigenvalue weighted by atomic mass is 9.92. The van der Waals surface area contributed by atoms with Crippen LogP contribution in [0.1, 0.15) is 80.7 Å². The number of hydrogen-bond donors (Lipinski definition) is 3. The number of pyridine rings is 1. The van der Waals surface area contributed by atoms with E-state index >= 15 is 0 Å². The Kier molecular flexibility index (Phi) is 21.1. The van der Waals surface area contributed by atoms with Crippen LogP contribution in [0.5, 0.6) is 0 Å². The first-order valence-electron chi connectivity index (χ1n) is 24.4. The summed E-state index contributed by atoms with van der Waals surface area (Å²) >= 11 is 0. The number of carbonyl (C=O) groups is 5. The monoisotopic (exact) mass is 964 g/mol. The van der Waals surface area contributed by atoms with Gasteiger partial charge < -0.3 is 49.8 Å². The number of hydrogen-bond acceptors (Lipinski definition) is 12. The smallest absolute Gasteiger partial charge is 0.305 e. The highest BCUT2D eigenvalue weighted by atomic mass is 16.5. The van der Waals surface area contributed by atoms with Crippen LogP contribution in [0.3, 0.4) is 0 Å². The number of nitrogens with two attached hydrogens (primary N) is 1. The second-order valence-corrected chi connectivity index (χ2v) is 17.7. The van der Waals surface area contributed by atoms with Crippen molar-refractivity contribution in [1.29, 1.82) is 0 Å². The molecule has 2 aliphatic heterocycles. The van der Waals surface area contributed by atoms with Crippen molar-refractivity contribution in [1.82, 2.24) is 19.7 Å². The second kappa shape index (κ2) is 27.8. The van der Waals surface area contributed by atoms with Crippen molar-refractivity contribution in [3.8, 4) is 11.3 Å². The Morgan fingerprint density at radius 2 is 1.43 bits per heavy atom. The summed E-state index contributed by atoms with van der Waals surface area (Å²) in [5.74, 6) is -2.29. The van der Waals surface area contributed by atoms with E-state index in [1.54, 1.807) is 71.4 Å². The van der Waals surface area contributed by atoms with Gasteiger partial charge in [0, 0.05) is 87.5 Å². The fourth-order valence-electron chi connectivity index (χ4n) is 8.60. The third kappa shape index (κ3) is 16.2. The van der Waals surface area contributed by atoms with E-state index in [0.717, 1.165) is 31.6 Å². The molecule has 4 amide bonds. The number of amides is 4. The molecule has 2 saturated heterocycles. The molecule has 0 spiro atoms. The lowest BCUT2D eigenvalue weighted by molar-refractivity contribution is -0.142. The highest BCUT2D eigenvalue weighted by Gasteiger charge is 2.32. The molecule has 7 rings (SSSR count). The Morgan fingerprint density at radius 1 is 0.743 bits per heavy atom. The Labute approximate surface area is 411 Å². The molecule has 3 heterocycles. The summed E-state index contributed by atoms with van der Waals surface area (Å²) in [6, 6.07) is 23.7. The molecule has 3 aliphatic rings. The number of benzene rings is 3. The van der Waals surface area contributed by atoms with Crippen LogP contribution in [0.4, 0.5) is 11.4 Å². The third-order valence-corrected chi connectivity index (χ3v) is 12.7. The number of ether oxygens (including phenoxy) is 4. The summed E-state index contributed by atoms with van der Waals surface area (Å²) in [5.41, 5.74) is 12.3. The highest BCUT2D eigenvalue weighted by Crippen LogP contribution is 2.33. The molecule has 17 nitrogen and oxygen atoms in total. The molecule has 1 atom stereocenters. The van der Waals surface area contributed by atoms with Crippen LogP contribution in [0.2, 0.25) is 0 Å². The Morgan fingerprint density at radius 3 is 2.13 bits per heavy atom. The van der Waals surface area contributed by atoms with E-state index in [4.69, 9.17) is 29.8 Å². The Balaban J connectivity index is 0.000000705. The largest absolute Gasteiger partial charge is 0.481 e. The zero-order valence-corrected chi connectivity index (χ0v) is 40.7. The first-order valence-corrected chi connectivity index (χ1v) is 24.4. The maximum Gasteiger partial charge on any atom is 0.305 e. The Bertz CT molecular complexity index is 2330. The fourth-order valence-corrected chi connectivity index (χ4v) is 8.60. The fraction of sp³-hybridized carbons (Fsp3) is 0.472. The van der Waals surface area contributed by atoms with Crippen molar-refractivity contribution in [2.45, 2.75) is 57.4 Å². The van der Waals surface area contributed by atoms with Crippen molar-refractivity contribution < 1.29 is 48.0 Å². The van der Waals surface area contributed by atoms with Crippen LogP contribution in [0, 0.1) is 0 Å². The van der Waals surface area contributed by atoms with E-state index in [-0.39, 0.29) is 37.0 Å². The van der Waals surface area contributed by atoms with Gasteiger partial charge in [0.05, 0.1) is 70.7 Å². The van der Waals surface area contributed by atoms with Gasteiger partial charge in [0.1, 0.15) is 6.04 Å². The van der Waals surface area contributed by atoms with Gasteiger partial charge in [-0.15, -0.1) is 0 Å². The predicted octanol–water partition coefficient (Wildman–Crippen LogP) is 5.41. The van der Waals surface area contributed by atoms with Crippen molar-refractivity contribution in [3.63, 3.8) is 0 Å². The number of nitrogens with zero attached hydrogens (tertiary/aromatic N) is 5. The molecular weight excluding hydrogens is 895 g/mol. The van der Waals surface area contributed by atoms with Crippen molar-refractivity contribution >= 4 is 41.0 Å². The molecule has 1 aromatic heterocycles. The normalized spacial score (nSPS) is 15.7. The predicted molar refractivity (Wildman–Crippen MR) is 267 cm³/mol. The van der Waals surface area contributed by atoms with Gasteiger partial charge in [-0.3, -0.25) is 33.9 Å². The number of anilines is 2. The molecule has 0 bridgehead atoms. The molecular formula is C53H69N7O10. The molecule has 376 valence electrons. The maximum absolute atomic E-state index is 13.7. The summed E-state index contributed by atoms with van der Waals surface area (Å²) < 4.78 is 21.9. The van der Waals surface area contributed by atoms with Crippen LogP contribution in [-0.4, -0.2) is 167 Å². The zero-order valence-electron chi connectivity index (χ0n) is 40.7.